The Morgan fingerprint density at radius 1 is 1.53 bits per heavy atom. The smallest absolute Gasteiger partial charge is 0.417 e. The Morgan fingerprint density at radius 2 is 2.13 bits per heavy atom. The summed E-state index contributed by atoms with van der Waals surface area (Å²) in [4.78, 5) is 23.3. The number of nitrogens with zero attached hydrogens (tertiary/aromatic N) is 1. The average molecular weight is 237 g/mol. The van der Waals surface area contributed by atoms with Crippen LogP contribution in [0.4, 0.5) is 4.79 Å². The second-order valence-corrected chi connectivity index (χ2v) is 3.61. The zero-order chi connectivity index (χ0) is 10.7. The van der Waals surface area contributed by atoms with E-state index in [9.17, 15) is 9.59 Å². The predicted octanol–water partition coefficient (Wildman–Crippen LogP) is 0.760. The highest BCUT2D eigenvalue weighted by molar-refractivity contribution is 5.97. The van der Waals surface area contributed by atoms with Crippen molar-refractivity contribution >= 4 is 24.4 Å². The number of carbonyl (C=O) groups is 2. The molecule has 0 saturated carbocycles. The van der Waals surface area contributed by atoms with Crippen molar-refractivity contribution in [2.24, 2.45) is 11.7 Å². The van der Waals surface area contributed by atoms with Gasteiger partial charge in [-0.25, -0.2) is 9.69 Å². The number of imide groups is 1. The molecule has 0 aromatic heterocycles. The molecular weight excluding hydrogens is 220 g/mol. The quantitative estimate of drug-likeness (QED) is 0.782. The van der Waals surface area contributed by atoms with Crippen molar-refractivity contribution in [2.75, 3.05) is 13.2 Å². The Kier molecular flexibility index (Phi) is 5.60. The average Bonchev–Trinajstić information content (AvgIpc) is 2.48. The molecule has 1 rings (SSSR count). The third-order valence-corrected chi connectivity index (χ3v) is 2.61. The number of rotatable bonds is 4. The molecule has 1 aliphatic rings. The fourth-order valence-electron chi connectivity index (χ4n) is 1.25. The standard InChI is InChI=1S/C9H16N2O3.ClH/c1-3-6(2)7(10)4-11-8(12)5-14-9(11)13;/h6-7H,3-5,10H2,1-2H3;1H. The summed E-state index contributed by atoms with van der Waals surface area (Å²) in [5, 5.41) is 0. The van der Waals surface area contributed by atoms with Crippen LogP contribution >= 0.6 is 12.4 Å². The monoisotopic (exact) mass is 236 g/mol. The topological polar surface area (TPSA) is 72.6 Å². The number of hydrogen-bond acceptors (Lipinski definition) is 4. The lowest BCUT2D eigenvalue weighted by atomic mass is 10.00. The SMILES string of the molecule is CCC(C)C(N)CN1C(=O)COC1=O.Cl. The minimum Gasteiger partial charge on any atom is -0.439 e. The normalized spacial score (nSPS) is 19.5. The number of cyclic esters (lactones) is 1. The number of carbonyl (C=O) groups excluding carboxylic acids is 2. The van der Waals surface area contributed by atoms with Gasteiger partial charge in [-0.1, -0.05) is 20.3 Å². The third kappa shape index (κ3) is 3.35. The molecule has 1 aliphatic heterocycles. The molecule has 1 heterocycles. The Labute approximate surface area is 95.3 Å². The molecule has 6 heteroatoms. The van der Waals surface area contributed by atoms with E-state index in [1.165, 1.54) is 0 Å². The first-order valence-electron chi connectivity index (χ1n) is 4.79. The van der Waals surface area contributed by atoms with Crippen LogP contribution in [0.5, 0.6) is 0 Å². The summed E-state index contributed by atoms with van der Waals surface area (Å²) in [7, 11) is 0. The fraction of sp³-hybridized carbons (Fsp3) is 0.778. The Morgan fingerprint density at radius 3 is 2.53 bits per heavy atom. The Hall–Kier alpha value is -0.810. The minimum absolute atomic E-state index is 0. The molecule has 0 aromatic rings. The van der Waals surface area contributed by atoms with E-state index in [-0.39, 0.29) is 43.4 Å². The molecule has 2 amide bonds. The minimum atomic E-state index is -0.575. The summed E-state index contributed by atoms with van der Waals surface area (Å²) < 4.78 is 4.57. The molecule has 0 spiro atoms. The maximum Gasteiger partial charge on any atom is 0.417 e. The summed E-state index contributed by atoms with van der Waals surface area (Å²) in [5.74, 6) is -0.00930. The van der Waals surface area contributed by atoms with Crippen molar-refractivity contribution in [3.8, 4) is 0 Å². The van der Waals surface area contributed by atoms with Crippen molar-refractivity contribution in [2.45, 2.75) is 26.3 Å². The van der Waals surface area contributed by atoms with Gasteiger partial charge in [-0.05, 0) is 5.92 Å². The largest absolute Gasteiger partial charge is 0.439 e. The molecule has 0 radical (unpaired) electrons. The van der Waals surface area contributed by atoms with Gasteiger partial charge >= 0.3 is 6.09 Å². The molecule has 0 aliphatic carbocycles. The van der Waals surface area contributed by atoms with E-state index in [4.69, 9.17) is 5.73 Å². The highest BCUT2D eigenvalue weighted by atomic mass is 35.5. The van der Waals surface area contributed by atoms with Gasteiger partial charge in [-0.2, -0.15) is 0 Å². The molecule has 2 N–H and O–H groups in total. The van der Waals surface area contributed by atoms with Crippen molar-refractivity contribution in [1.29, 1.82) is 0 Å². The zero-order valence-corrected chi connectivity index (χ0v) is 9.75. The molecule has 0 aromatic carbocycles. The molecule has 1 fully saturated rings. The van der Waals surface area contributed by atoms with Gasteiger partial charge < -0.3 is 10.5 Å². The Balaban J connectivity index is 0.00000196. The van der Waals surface area contributed by atoms with Crippen molar-refractivity contribution in [3.63, 3.8) is 0 Å². The maximum atomic E-state index is 11.2. The summed E-state index contributed by atoms with van der Waals surface area (Å²) in [5.41, 5.74) is 5.83. The van der Waals surface area contributed by atoms with E-state index in [0.29, 0.717) is 0 Å². The lowest BCUT2D eigenvalue weighted by Gasteiger charge is -2.21. The van der Waals surface area contributed by atoms with Crippen LogP contribution in [0, 0.1) is 5.92 Å². The van der Waals surface area contributed by atoms with E-state index in [0.717, 1.165) is 11.3 Å². The van der Waals surface area contributed by atoms with E-state index in [2.05, 4.69) is 4.74 Å². The maximum absolute atomic E-state index is 11.2. The highest BCUT2D eigenvalue weighted by Gasteiger charge is 2.32. The third-order valence-electron chi connectivity index (χ3n) is 2.61. The summed E-state index contributed by atoms with van der Waals surface area (Å²) in [6, 6.07) is -0.172. The van der Waals surface area contributed by atoms with Crippen LogP contribution in [-0.2, 0) is 9.53 Å². The van der Waals surface area contributed by atoms with Crippen LogP contribution in [0.1, 0.15) is 20.3 Å². The second-order valence-electron chi connectivity index (χ2n) is 3.61. The van der Waals surface area contributed by atoms with Gasteiger partial charge in [0.15, 0.2) is 6.61 Å². The molecule has 0 bridgehead atoms. The van der Waals surface area contributed by atoms with Gasteiger partial charge in [-0.15, -0.1) is 12.4 Å². The van der Waals surface area contributed by atoms with Crippen molar-refractivity contribution in [3.05, 3.63) is 0 Å². The van der Waals surface area contributed by atoms with Gasteiger partial charge in [0.05, 0.1) is 0 Å². The molecule has 15 heavy (non-hydrogen) atoms. The van der Waals surface area contributed by atoms with Gasteiger partial charge in [0.2, 0.25) is 0 Å². The van der Waals surface area contributed by atoms with E-state index < -0.39 is 6.09 Å². The number of halogens is 1. The predicted molar refractivity (Wildman–Crippen MR) is 57.7 cm³/mol. The molecule has 1 saturated heterocycles. The zero-order valence-electron chi connectivity index (χ0n) is 8.93. The molecular formula is C9H17ClN2O3. The molecule has 2 unspecified atom stereocenters. The van der Waals surface area contributed by atoms with E-state index in [1.807, 2.05) is 13.8 Å². The van der Waals surface area contributed by atoms with Crippen LogP contribution in [-0.4, -0.2) is 36.1 Å². The number of amides is 2. The van der Waals surface area contributed by atoms with Crippen LogP contribution in [0.3, 0.4) is 0 Å². The van der Waals surface area contributed by atoms with Crippen LogP contribution < -0.4 is 5.73 Å². The van der Waals surface area contributed by atoms with Gasteiger partial charge in [-0.3, -0.25) is 4.79 Å². The fourth-order valence-corrected chi connectivity index (χ4v) is 1.25. The molecule has 88 valence electrons. The van der Waals surface area contributed by atoms with Crippen molar-refractivity contribution < 1.29 is 14.3 Å². The molecule has 5 nitrogen and oxygen atoms in total. The first kappa shape index (κ1) is 14.2. The van der Waals surface area contributed by atoms with Gasteiger partial charge in [0.1, 0.15) is 0 Å². The Bertz CT molecular complexity index is 232. The lowest BCUT2D eigenvalue weighted by Crippen LogP contribution is -2.43. The number of ether oxygens (including phenoxy) is 1. The summed E-state index contributed by atoms with van der Waals surface area (Å²) in [6.45, 7) is 4.13. The van der Waals surface area contributed by atoms with E-state index >= 15 is 0 Å². The van der Waals surface area contributed by atoms with Crippen LogP contribution in [0.25, 0.3) is 0 Å². The number of nitrogens with two attached hydrogens (primary N) is 1. The van der Waals surface area contributed by atoms with Crippen molar-refractivity contribution in [1.82, 2.24) is 4.90 Å². The second kappa shape index (κ2) is 5.92. The summed E-state index contributed by atoms with van der Waals surface area (Å²) in [6.07, 6.45) is 0.354. The lowest BCUT2D eigenvalue weighted by molar-refractivity contribution is -0.126. The van der Waals surface area contributed by atoms with Gasteiger partial charge in [0, 0.05) is 12.6 Å². The first-order valence-corrected chi connectivity index (χ1v) is 4.79. The molecule has 2 atom stereocenters. The van der Waals surface area contributed by atoms with Crippen LogP contribution in [0.2, 0.25) is 0 Å². The van der Waals surface area contributed by atoms with Crippen LogP contribution in [0.15, 0.2) is 0 Å². The first-order chi connectivity index (χ1) is 6.56. The summed E-state index contributed by atoms with van der Waals surface area (Å²) >= 11 is 0. The highest BCUT2D eigenvalue weighted by Crippen LogP contribution is 2.11. The van der Waals surface area contributed by atoms with E-state index in [1.54, 1.807) is 0 Å². The number of hydrogen-bond donors (Lipinski definition) is 1. The van der Waals surface area contributed by atoms with Gasteiger partial charge in [0.25, 0.3) is 5.91 Å².